The monoisotopic (exact) mass is 587 g/mol. The van der Waals surface area contributed by atoms with Crippen molar-refractivity contribution in [2.24, 2.45) is 11.1 Å². The number of Topliss-reactive ketones (excluding diaryl/α,β-unsaturated/α-hetero) is 1. The first-order valence-electron chi connectivity index (χ1n) is 12.8. The Labute approximate surface area is 234 Å². The lowest BCUT2D eigenvalue weighted by atomic mass is 9.86. The van der Waals surface area contributed by atoms with Crippen LogP contribution in [0.3, 0.4) is 0 Å². The van der Waals surface area contributed by atoms with Crippen LogP contribution in [0.15, 0.2) is 29.2 Å². The smallest absolute Gasteiger partial charge is 0.251 e. The van der Waals surface area contributed by atoms with E-state index in [1.165, 1.54) is 24.3 Å². The van der Waals surface area contributed by atoms with Gasteiger partial charge < -0.3 is 37.0 Å². The van der Waals surface area contributed by atoms with Crippen LogP contribution in [0.4, 0.5) is 0 Å². The molecule has 0 aromatic heterocycles. The Morgan fingerprint density at radius 1 is 0.800 bits per heavy atom. The van der Waals surface area contributed by atoms with Gasteiger partial charge in [0, 0.05) is 17.5 Å². The van der Waals surface area contributed by atoms with Gasteiger partial charge in [0.05, 0.1) is 24.7 Å². The number of carbonyl (C=O) groups excluding carboxylic acids is 4. The fourth-order valence-corrected chi connectivity index (χ4v) is 4.49. The molecule has 3 unspecified atom stereocenters. The molecule has 14 nitrogen and oxygen atoms in total. The number of ketones is 1. The molecule has 1 rings (SSSR count). The summed E-state index contributed by atoms with van der Waals surface area (Å²) in [7, 11) is -3.80. The average molecular weight is 588 g/mol. The Morgan fingerprint density at radius 3 is 1.77 bits per heavy atom. The highest BCUT2D eigenvalue weighted by atomic mass is 32.2. The maximum atomic E-state index is 12.6. The average Bonchev–Trinajstić information content (AvgIpc) is 2.91. The molecule has 226 valence electrons. The van der Waals surface area contributed by atoms with Crippen LogP contribution in [0, 0.1) is 5.41 Å². The van der Waals surface area contributed by atoms with Crippen molar-refractivity contribution in [3.8, 4) is 0 Å². The summed E-state index contributed by atoms with van der Waals surface area (Å²) in [5.74, 6) is -3.25. The van der Waals surface area contributed by atoms with Crippen LogP contribution in [0.5, 0.6) is 0 Å². The van der Waals surface area contributed by atoms with Gasteiger partial charge >= 0.3 is 0 Å². The molecule has 15 heteroatoms. The van der Waals surface area contributed by atoms with Crippen molar-refractivity contribution in [2.75, 3.05) is 32.9 Å². The third-order valence-electron chi connectivity index (χ3n) is 5.77. The van der Waals surface area contributed by atoms with Crippen LogP contribution in [-0.2, 0) is 24.4 Å². The standard InChI is InChI=1S/C25H41N5O9S/c1-25(2,3)21(34)18(13-31)28-23(36)20(15-33)30-24(37)19(14-32)29-22(35)16-7-9-17(10-8-16)40(38,39)27-12-6-4-5-11-26/h7-10,18-20,27,31-33H,4-6,11-15,26H2,1-3H3,(H,28,36)(H,29,35)(H,30,37). The topological polar surface area (TPSA) is 237 Å². The van der Waals surface area contributed by atoms with E-state index < -0.39 is 76.9 Å². The zero-order valence-electron chi connectivity index (χ0n) is 23.0. The summed E-state index contributed by atoms with van der Waals surface area (Å²) in [5, 5.41) is 35.5. The second-order valence-electron chi connectivity index (χ2n) is 10.1. The maximum absolute atomic E-state index is 12.6. The van der Waals surface area contributed by atoms with Gasteiger partial charge in [-0.05, 0) is 43.7 Å². The predicted molar refractivity (Wildman–Crippen MR) is 145 cm³/mol. The molecule has 0 radical (unpaired) electrons. The zero-order valence-corrected chi connectivity index (χ0v) is 23.8. The number of aliphatic hydroxyl groups excluding tert-OH is 3. The minimum absolute atomic E-state index is 0.00363. The fraction of sp³-hybridized carbons (Fsp3) is 0.600. The van der Waals surface area contributed by atoms with E-state index in [-0.39, 0.29) is 17.0 Å². The summed E-state index contributed by atoms with van der Waals surface area (Å²) >= 11 is 0. The number of rotatable bonds is 17. The van der Waals surface area contributed by atoms with Gasteiger partial charge in [-0.25, -0.2) is 13.1 Å². The molecule has 0 spiro atoms. The van der Waals surface area contributed by atoms with E-state index in [0.29, 0.717) is 13.0 Å². The van der Waals surface area contributed by atoms with E-state index in [9.17, 15) is 42.9 Å². The first kappa shape index (κ1) is 35.1. The van der Waals surface area contributed by atoms with Crippen molar-refractivity contribution in [1.82, 2.24) is 20.7 Å². The Bertz CT molecular complexity index is 1100. The first-order valence-corrected chi connectivity index (χ1v) is 14.3. The van der Waals surface area contributed by atoms with Crippen LogP contribution in [0.1, 0.15) is 50.4 Å². The Balaban J connectivity index is 2.81. The summed E-state index contributed by atoms with van der Waals surface area (Å²) in [4.78, 5) is 50.1. The molecule has 0 heterocycles. The molecule has 1 aromatic carbocycles. The Morgan fingerprint density at radius 2 is 1.30 bits per heavy atom. The minimum atomic E-state index is -3.80. The largest absolute Gasteiger partial charge is 0.394 e. The van der Waals surface area contributed by atoms with Crippen LogP contribution >= 0.6 is 0 Å². The molecule has 1 aromatic rings. The summed E-state index contributed by atoms with van der Waals surface area (Å²) in [5.41, 5.74) is 4.53. The van der Waals surface area contributed by atoms with Crippen molar-refractivity contribution in [3.63, 3.8) is 0 Å². The van der Waals surface area contributed by atoms with Crippen LogP contribution in [0.25, 0.3) is 0 Å². The lowest BCUT2D eigenvalue weighted by molar-refractivity contribution is -0.136. The van der Waals surface area contributed by atoms with Crippen molar-refractivity contribution in [2.45, 2.75) is 63.1 Å². The van der Waals surface area contributed by atoms with Crippen molar-refractivity contribution in [1.29, 1.82) is 0 Å². The van der Waals surface area contributed by atoms with Gasteiger partial charge in [-0.3, -0.25) is 19.2 Å². The fourth-order valence-electron chi connectivity index (χ4n) is 3.41. The van der Waals surface area contributed by atoms with E-state index in [0.717, 1.165) is 12.8 Å². The number of unbranched alkanes of at least 4 members (excludes halogenated alkanes) is 2. The van der Waals surface area contributed by atoms with E-state index >= 15 is 0 Å². The number of amides is 3. The molecular formula is C25H41N5O9S. The second-order valence-corrected chi connectivity index (χ2v) is 11.8. The third-order valence-corrected chi connectivity index (χ3v) is 7.25. The molecule has 0 aliphatic heterocycles. The van der Waals surface area contributed by atoms with Crippen LogP contribution in [0.2, 0.25) is 0 Å². The van der Waals surface area contributed by atoms with Gasteiger partial charge in [0.25, 0.3) is 5.91 Å². The molecular weight excluding hydrogens is 546 g/mol. The highest BCUT2D eigenvalue weighted by Gasteiger charge is 2.33. The Hall–Kier alpha value is -2.95. The molecule has 3 amide bonds. The summed E-state index contributed by atoms with van der Waals surface area (Å²) in [6, 6.07) is 0.545. The number of aliphatic hydroxyl groups is 3. The molecule has 0 saturated carbocycles. The highest BCUT2D eigenvalue weighted by Crippen LogP contribution is 2.17. The maximum Gasteiger partial charge on any atom is 0.251 e. The van der Waals surface area contributed by atoms with Crippen LogP contribution < -0.4 is 26.4 Å². The van der Waals surface area contributed by atoms with Crippen molar-refractivity contribution >= 4 is 33.5 Å². The molecule has 9 N–H and O–H groups in total. The van der Waals surface area contributed by atoms with E-state index in [1.54, 1.807) is 20.8 Å². The lowest BCUT2D eigenvalue weighted by Gasteiger charge is -2.26. The summed E-state index contributed by atoms with van der Waals surface area (Å²) in [6.07, 6.45) is 2.19. The predicted octanol–water partition coefficient (Wildman–Crippen LogP) is -2.25. The van der Waals surface area contributed by atoms with Gasteiger partial charge in [0.2, 0.25) is 21.8 Å². The Kier molecular flexibility index (Phi) is 14.3. The normalized spacial score (nSPS) is 14.1. The minimum Gasteiger partial charge on any atom is -0.394 e. The molecule has 0 aliphatic rings. The number of benzene rings is 1. The van der Waals surface area contributed by atoms with E-state index in [1.807, 2.05) is 0 Å². The van der Waals surface area contributed by atoms with Gasteiger partial charge in [-0.15, -0.1) is 0 Å². The molecule has 0 bridgehead atoms. The SMILES string of the molecule is CC(C)(C)C(=O)C(CO)NC(=O)C(CO)NC(=O)C(CO)NC(=O)c1ccc(S(=O)(=O)NCCCCCN)cc1. The molecule has 0 saturated heterocycles. The highest BCUT2D eigenvalue weighted by molar-refractivity contribution is 7.89. The number of nitrogens with one attached hydrogen (secondary N) is 4. The first-order chi connectivity index (χ1) is 18.7. The molecule has 40 heavy (non-hydrogen) atoms. The van der Waals surface area contributed by atoms with Crippen molar-refractivity contribution < 1.29 is 42.9 Å². The lowest BCUT2D eigenvalue weighted by Crippen LogP contribution is -2.58. The van der Waals surface area contributed by atoms with Crippen molar-refractivity contribution in [3.05, 3.63) is 29.8 Å². The summed E-state index contributed by atoms with van der Waals surface area (Å²) in [6.45, 7) is 3.12. The number of carbonyl (C=O) groups is 4. The number of nitrogens with two attached hydrogens (primary N) is 1. The quantitative estimate of drug-likeness (QED) is 0.0911. The summed E-state index contributed by atoms with van der Waals surface area (Å²) < 4.78 is 27.3. The molecule has 3 atom stereocenters. The number of hydrogen-bond donors (Lipinski definition) is 8. The van der Waals surface area contributed by atoms with E-state index in [4.69, 9.17) is 5.73 Å². The van der Waals surface area contributed by atoms with Gasteiger partial charge in [-0.1, -0.05) is 27.2 Å². The number of sulfonamides is 1. The molecule has 0 aliphatic carbocycles. The van der Waals surface area contributed by atoms with Crippen LogP contribution in [-0.4, -0.2) is 98.3 Å². The van der Waals surface area contributed by atoms with Gasteiger partial charge in [0.15, 0.2) is 5.78 Å². The molecule has 0 fully saturated rings. The second kappa shape index (κ2) is 16.3. The van der Waals surface area contributed by atoms with Gasteiger partial charge in [-0.2, -0.15) is 0 Å². The third kappa shape index (κ3) is 10.9. The van der Waals surface area contributed by atoms with Gasteiger partial charge in [0.1, 0.15) is 18.1 Å². The number of hydrogen-bond acceptors (Lipinski definition) is 10. The van der Waals surface area contributed by atoms with E-state index in [2.05, 4.69) is 20.7 Å². The zero-order chi connectivity index (χ0) is 30.5.